The monoisotopic (exact) mass is 303 g/mol. The van der Waals surface area contributed by atoms with Gasteiger partial charge in [0.2, 0.25) is 5.92 Å². The van der Waals surface area contributed by atoms with Crippen molar-refractivity contribution >= 4 is 11.3 Å². The number of nitrogens with zero attached hydrogens (tertiary/aromatic N) is 2. The number of alkyl halides is 2. The third-order valence-corrected chi connectivity index (χ3v) is 4.81. The number of aromatic nitrogens is 2. The number of halogens is 2. The molecule has 0 aromatic carbocycles. The highest BCUT2D eigenvalue weighted by Gasteiger charge is 2.36. The van der Waals surface area contributed by atoms with E-state index in [4.69, 9.17) is 0 Å². The van der Waals surface area contributed by atoms with Crippen LogP contribution in [0.1, 0.15) is 61.9 Å². The van der Waals surface area contributed by atoms with Crippen LogP contribution in [0.4, 0.5) is 8.78 Å². The van der Waals surface area contributed by atoms with E-state index in [1.807, 2.05) is 0 Å². The Bertz CT molecular complexity index is 410. The Hall–Kier alpha value is -0.620. The Morgan fingerprint density at radius 1 is 1.30 bits per heavy atom. The van der Waals surface area contributed by atoms with Gasteiger partial charge in [-0.05, 0) is 25.8 Å². The van der Waals surface area contributed by atoms with Gasteiger partial charge in [0.05, 0.1) is 0 Å². The van der Waals surface area contributed by atoms with Crippen molar-refractivity contribution in [3.8, 4) is 0 Å². The predicted octanol–water partition coefficient (Wildman–Crippen LogP) is 3.76. The fraction of sp³-hybridized carbons (Fsp3) is 0.857. The molecular weight excluding hydrogens is 280 g/mol. The van der Waals surface area contributed by atoms with E-state index < -0.39 is 5.92 Å². The molecule has 0 atom stereocenters. The molecule has 3 nitrogen and oxygen atoms in total. The van der Waals surface area contributed by atoms with E-state index in [0.29, 0.717) is 18.9 Å². The maximum atomic E-state index is 13.1. The summed E-state index contributed by atoms with van der Waals surface area (Å²) in [6, 6.07) is 0.504. The molecule has 0 unspecified atom stereocenters. The normalized spacial score (nSPS) is 19.6. The number of aryl methyl sites for hydroxylation is 1. The van der Waals surface area contributed by atoms with E-state index in [-0.39, 0.29) is 18.8 Å². The van der Waals surface area contributed by atoms with Gasteiger partial charge in [-0.15, -0.1) is 21.5 Å². The van der Waals surface area contributed by atoms with Crippen molar-refractivity contribution < 1.29 is 8.78 Å². The summed E-state index contributed by atoms with van der Waals surface area (Å²) in [5.74, 6) is -2.28. The van der Waals surface area contributed by atoms with Gasteiger partial charge in [0.1, 0.15) is 10.0 Å². The van der Waals surface area contributed by atoms with Crippen LogP contribution in [0.2, 0.25) is 0 Å². The average molecular weight is 303 g/mol. The summed E-state index contributed by atoms with van der Waals surface area (Å²) in [7, 11) is 0. The van der Waals surface area contributed by atoms with Crippen molar-refractivity contribution in [2.45, 2.75) is 70.3 Å². The van der Waals surface area contributed by atoms with E-state index in [9.17, 15) is 8.78 Å². The second kappa shape index (κ2) is 6.89. The fourth-order valence-electron chi connectivity index (χ4n) is 2.45. The highest BCUT2D eigenvalue weighted by molar-refractivity contribution is 7.11. The van der Waals surface area contributed by atoms with E-state index in [2.05, 4.69) is 29.4 Å². The molecule has 1 aliphatic carbocycles. The first-order chi connectivity index (χ1) is 9.46. The summed E-state index contributed by atoms with van der Waals surface area (Å²) >= 11 is 1.60. The van der Waals surface area contributed by atoms with Crippen molar-refractivity contribution in [2.24, 2.45) is 0 Å². The van der Waals surface area contributed by atoms with Crippen molar-refractivity contribution in [3.05, 3.63) is 10.0 Å². The number of nitrogens with one attached hydrogen (secondary N) is 1. The molecule has 1 aromatic rings. The summed E-state index contributed by atoms with van der Waals surface area (Å²) < 4.78 is 26.3. The molecule has 0 amide bonds. The summed E-state index contributed by atoms with van der Waals surface area (Å²) in [4.78, 5) is 0. The van der Waals surface area contributed by atoms with Gasteiger partial charge >= 0.3 is 0 Å². The van der Waals surface area contributed by atoms with Crippen molar-refractivity contribution in [1.82, 2.24) is 15.5 Å². The van der Waals surface area contributed by atoms with Crippen LogP contribution in [0.25, 0.3) is 0 Å². The lowest BCUT2D eigenvalue weighted by atomic mass is 9.87. The fourth-order valence-corrected chi connectivity index (χ4v) is 3.50. The minimum absolute atomic E-state index is 0.00904. The van der Waals surface area contributed by atoms with Gasteiger partial charge in [0, 0.05) is 31.2 Å². The SMILES string of the molecule is CC(C)NCCCc1nnc(C2CCC(F)(F)CC2)s1. The van der Waals surface area contributed by atoms with Crippen LogP contribution >= 0.6 is 11.3 Å². The molecule has 0 saturated heterocycles. The van der Waals surface area contributed by atoms with Gasteiger partial charge in [0.25, 0.3) is 0 Å². The maximum absolute atomic E-state index is 13.1. The molecule has 1 aromatic heterocycles. The lowest BCUT2D eigenvalue weighted by Crippen LogP contribution is -2.23. The van der Waals surface area contributed by atoms with Gasteiger partial charge in [0.15, 0.2) is 0 Å². The van der Waals surface area contributed by atoms with Crippen molar-refractivity contribution in [1.29, 1.82) is 0 Å². The van der Waals surface area contributed by atoms with Gasteiger partial charge in [-0.25, -0.2) is 8.78 Å². The zero-order valence-corrected chi connectivity index (χ0v) is 13.0. The van der Waals surface area contributed by atoms with Crippen molar-refractivity contribution in [2.75, 3.05) is 6.54 Å². The summed E-state index contributed by atoms with van der Waals surface area (Å²) in [6.45, 7) is 5.23. The van der Waals surface area contributed by atoms with Crippen LogP contribution < -0.4 is 5.32 Å². The molecule has 1 saturated carbocycles. The number of rotatable bonds is 6. The van der Waals surface area contributed by atoms with E-state index >= 15 is 0 Å². The molecule has 6 heteroatoms. The van der Waals surface area contributed by atoms with E-state index in [0.717, 1.165) is 29.4 Å². The zero-order valence-electron chi connectivity index (χ0n) is 12.2. The molecule has 0 bridgehead atoms. The van der Waals surface area contributed by atoms with Crippen LogP contribution in [0.15, 0.2) is 0 Å². The third kappa shape index (κ3) is 4.74. The lowest BCUT2D eigenvalue weighted by molar-refractivity contribution is -0.0382. The second-order valence-corrected chi connectivity index (χ2v) is 6.97. The molecule has 1 aliphatic rings. The Morgan fingerprint density at radius 2 is 2.00 bits per heavy atom. The molecule has 2 rings (SSSR count). The first-order valence-electron chi connectivity index (χ1n) is 7.40. The van der Waals surface area contributed by atoms with Crippen LogP contribution in [-0.2, 0) is 6.42 Å². The van der Waals surface area contributed by atoms with Crippen LogP contribution in [0.3, 0.4) is 0 Å². The topological polar surface area (TPSA) is 37.8 Å². The smallest absolute Gasteiger partial charge is 0.248 e. The van der Waals surface area contributed by atoms with Crippen LogP contribution in [-0.4, -0.2) is 28.7 Å². The molecular formula is C14H23F2N3S. The molecule has 1 fully saturated rings. The van der Waals surface area contributed by atoms with Crippen molar-refractivity contribution in [3.63, 3.8) is 0 Å². The maximum Gasteiger partial charge on any atom is 0.248 e. The van der Waals surface area contributed by atoms with Gasteiger partial charge in [-0.1, -0.05) is 13.8 Å². The number of hydrogen-bond donors (Lipinski definition) is 1. The molecule has 0 radical (unpaired) electrons. The molecule has 0 spiro atoms. The molecule has 0 aliphatic heterocycles. The van der Waals surface area contributed by atoms with Crippen LogP contribution in [0, 0.1) is 0 Å². The lowest BCUT2D eigenvalue weighted by Gasteiger charge is -2.26. The largest absolute Gasteiger partial charge is 0.315 e. The third-order valence-electron chi connectivity index (χ3n) is 3.67. The Kier molecular flexibility index (Phi) is 5.43. The summed E-state index contributed by atoms with van der Waals surface area (Å²) in [6.07, 6.45) is 3.01. The van der Waals surface area contributed by atoms with Crippen LogP contribution in [0.5, 0.6) is 0 Å². The number of hydrogen-bond acceptors (Lipinski definition) is 4. The quantitative estimate of drug-likeness (QED) is 0.813. The Labute approximate surface area is 123 Å². The predicted molar refractivity (Wildman–Crippen MR) is 77.5 cm³/mol. The van der Waals surface area contributed by atoms with E-state index in [1.165, 1.54) is 0 Å². The van der Waals surface area contributed by atoms with Gasteiger partial charge in [-0.3, -0.25) is 0 Å². The Morgan fingerprint density at radius 3 is 2.65 bits per heavy atom. The molecule has 114 valence electrons. The Balaban J connectivity index is 1.77. The van der Waals surface area contributed by atoms with E-state index in [1.54, 1.807) is 11.3 Å². The molecule has 1 heterocycles. The average Bonchev–Trinajstić information content (AvgIpc) is 2.83. The zero-order chi connectivity index (χ0) is 14.6. The highest BCUT2D eigenvalue weighted by atomic mass is 32.1. The first kappa shape index (κ1) is 15.8. The molecule has 1 N–H and O–H groups in total. The highest BCUT2D eigenvalue weighted by Crippen LogP contribution is 2.41. The summed E-state index contributed by atoms with van der Waals surface area (Å²) in [5, 5.41) is 13.8. The minimum Gasteiger partial charge on any atom is -0.315 e. The second-order valence-electron chi connectivity index (χ2n) is 5.88. The first-order valence-corrected chi connectivity index (χ1v) is 8.21. The minimum atomic E-state index is -2.47. The standard InChI is InChI=1S/C14H23F2N3S/c1-10(2)17-9-3-4-12-18-19-13(20-12)11-5-7-14(15,16)8-6-11/h10-11,17H,3-9H2,1-2H3. The molecule has 20 heavy (non-hydrogen) atoms. The summed E-state index contributed by atoms with van der Waals surface area (Å²) in [5.41, 5.74) is 0. The van der Waals surface area contributed by atoms with Gasteiger partial charge in [-0.2, -0.15) is 0 Å². The van der Waals surface area contributed by atoms with Gasteiger partial charge < -0.3 is 5.32 Å².